The van der Waals surface area contributed by atoms with Gasteiger partial charge in [-0.05, 0) is 24.1 Å². The summed E-state index contributed by atoms with van der Waals surface area (Å²) in [5.41, 5.74) is 1.07. The number of aliphatic hydroxyl groups excluding tert-OH is 1. The lowest BCUT2D eigenvalue weighted by Gasteiger charge is -2.22. The standard InChI is InChI=1S/C20H28N4O5/c1-27-16-4-2-15(3-5-16)12-17-19(18(25)13-23-17)29-20(26)22-7-10-28-11-9-24-8-6-21-14-24/h2-6,8,14,17-19,23,25H,7,9-13H2,1H3,(H,22,26)/t17-,18+,19+/m1/s1. The van der Waals surface area contributed by atoms with Crippen LogP contribution < -0.4 is 15.4 Å². The smallest absolute Gasteiger partial charge is 0.407 e. The lowest BCUT2D eigenvalue weighted by Crippen LogP contribution is -2.42. The van der Waals surface area contributed by atoms with E-state index in [1.54, 1.807) is 19.6 Å². The number of hydrogen-bond acceptors (Lipinski definition) is 7. The van der Waals surface area contributed by atoms with E-state index in [0.29, 0.717) is 39.3 Å². The van der Waals surface area contributed by atoms with Gasteiger partial charge in [-0.2, -0.15) is 0 Å². The van der Waals surface area contributed by atoms with Crippen LogP contribution >= 0.6 is 0 Å². The number of imidazole rings is 1. The SMILES string of the molecule is COc1ccc(C[C@H]2NC[C@H](O)[C@H]2OC(=O)NCCOCCn2ccnc2)cc1. The molecular formula is C20H28N4O5. The minimum absolute atomic E-state index is 0.157. The van der Waals surface area contributed by atoms with Gasteiger partial charge in [0.1, 0.15) is 18.0 Å². The van der Waals surface area contributed by atoms with Crippen molar-refractivity contribution in [2.24, 2.45) is 0 Å². The highest BCUT2D eigenvalue weighted by atomic mass is 16.6. The molecule has 1 amide bonds. The van der Waals surface area contributed by atoms with Gasteiger partial charge in [0.15, 0.2) is 0 Å². The van der Waals surface area contributed by atoms with E-state index in [-0.39, 0.29) is 6.04 Å². The number of alkyl carbamates (subject to hydrolysis) is 1. The van der Waals surface area contributed by atoms with Crippen molar-refractivity contribution < 1.29 is 24.1 Å². The van der Waals surface area contributed by atoms with Crippen molar-refractivity contribution in [3.8, 4) is 5.75 Å². The molecule has 1 aliphatic heterocycles. The quantitative estimate of drug-likeness (QED) is 0.497. The summed E-state index contributed by atoms with van der Waals surface area (Å²) in [7, 11) is 1.62. The van der Waals surface area contributed by atoms with E-state index in [4.69, 9.17) is 14.2 Å². The van der Waals surface area contributed by atoms with E-state index in [9.17, 15) is 9.90 Å². The van der Waals surface area contributed by atoms with E-state index in [2.05, 4.69) is 15.6 Å². The van der Waals surface area contributed by atoms with Gasteiger partial charge in [0.05, 0.1) is 32.7 Å². The molecule has 1 aromatic heterocycles. The highest BCUT2D eigenvalue weighted by Gasteiger charge is 2.37. The van der Waals surface area contributed by atoms with E-state index in [1.807, 2.05) is 35.0 Å². The molecule has 2 aromatic rings. The summed E-state index contributed by atoms with van der Waals surface area (Å²) in [6.07, 6.45) is 4.03. The molecule has 1 fully saturated rings. The number of carbonyl (C=O) groups excluding carboxylic acids is 1. The van der Waals surface area contributed by atoms with Gasteiger partial charge in [-0.3, -0.25) is 0 Å². The maximum atomic E-state index is 12.1. The summed E-state index contributed by atoms with van der Waals surface area (Å²) in [6.45, 7) is 2.34. The highest BCUT2D eigenvalue weighted by Crippen LogP contribution is 2.19. The normalized spacial score (nSPS) is 21.1. The van der Waals surface area contributed by atoms with Crippen molar-refractivity contribution in [1.82, 2.24) is 20.2 Å². The molecule has 0 saturated carbocycles. The van der Waals surface area contributed by atoms with Crippen LogP contribution in [0.5, 0.6) is 5.75 Å². The number of aliphatic hydroxyl groups is 1. The molecule has 1 saturated heterocycles. The van der Waals surface area contributed by atoms with E-state index in [0.717, 1.165) is 11.3 Å². The second-order valence-electron chi connectivity index (χ2n) is 6.84. The van der Waals surface area contributed by atoms with Crippen molar-refractivity contribution in [3.05, 3.63) is 48.5 Å². The summed E-state index contributed by atoms with van der Waals surface area (Å²) in [5.74, 6) is 0.785. The van der Waals surface area contributed by atoms with Crippen LogP contribution in [-0.2, 0) is 22.4 Å². The summed E-state index contributed by atoms with van der Waals surface area (Å²) in [6, 6.07) is 7.54. The maximum Gasteiger partial charge on any atom is 0.407 e. The zero-order valence-electron chi connectivity index (χ0n) is 16.5. The van der Waals surface area contributed by atoms with E-state index in [1.165, 1.54) is 0 Å². The van der Waals surface area contributed by atoms with Crippen molar-refractivity contribution >= 4 is 6.09 Å². The fraction of sp³-hybridized carbons (Fsp3) is 0.500. The Hall–Kier alpha value is -2.62. The number of methoxy groups -OCH3 is 1. The predicted molar refractivity (Wildman–Crippen MR) is 106 cm³/mol. The Morgan fingerprint density at radius 2 is 2.17 bits per heavy atom. The van der Waals surface area contributed by atoms with Gasteiger partial charge >= 0.3 is 6.09 Å². The number of benzene rings is 1. The molecule has 0 unspecified atom stereocenters. The molecule has 3 N–H and O–H groups in total. The Morgan fingerprint density at radius 3 is 2.90 bits per heavy atom. The molecule has 29 heavy (non-hydrogen) atoms. The highest BCUT2D eigenvalue weighted by molar-refractivity contribution is 5.67. The molecular weight excluding hydrogens is 376 g/mol. The zero-order valence-corrected chi connectivity index (χ0v) is 16.5. The zero-order chi connectivity index (χ0) is 20.5. The molecule has 3 atom stereocenters. The van der Waals surface area contributed by atoms with Gasteiger partial charge in [0.2, 0.25) is 0 Å². The Morgan fingerprint density at radius 1 is 1.34 bits per heavy atom. The lowest BCUT2D eigenvalue weighted by atomic mass is 10.0. The van der Waals surface area contributed by atoms with Crippen LogP contribution in [0, 0.1) is 0 Å². The third-order valence-electron chi connectivity index (χ3n) is 4.79. The number of carbonyl (C=O) groups is 1. The molecule has 0 bridgehead atoms. The molecule has 9 nitrogen and oxygen atoms in total. The van der Waals surface area contributed by atoms with E-state index < -0.39 is 18.3 Å². The first-order valence-electron chi connectivity index (χ1n) is 9.68. The number of aromatic nitrogens is 2. The number of amides is 1. The number of nitrogens with zero attached hydrogens (tertiary/aromatic N) is 2. The fourth-order valence-electron chi connectivity index (χ4n) is 3.22. The third-order valence-corrected chi connectivity index (χ3v) is 4.79. The summed E-state index contributed by atoms with van der Waals surface area (Å²) in [4.78, 5) is 16.0. The number of nitrogens with one attached hydrogen (secondary N) is 2. The molecule has 2 heterocycles. The first kappa shape index (κ1) is 21.1. The monoisotopic (exact) mass is 404 g/mol. The Bertz CT molecular complexity index is 738. The molecule has 0 spiro atoms. The molecule has 9 heteroatoms. The molecule has 1 aromatic carbocycles. The minimum atomic E-state index is -0.740. The van der Waals surface area contributed by atoms with Crippen LogP contribution in [0.15, 0.2) is 43.0 Å². The second-order valence-corrected chi connectivity index (χ2v) is 6.84. The predicted octanol–water partition coefficient (Wildman–Crippen LogP) is 0.579. The number of hydrogen-bond donors (Lipinski definition) is 3. The summed E-state index contributed by atoms with van der Waals surface area (Å²) in [5, 5.41) is 16.1. The first-order chi connectivity index (χ1) is 14.2. The largest absolute Gasteiger partial charge is 0.497 e. The maximum absolute atomic E-state index is 12.1. The van der Waals surface area contributed by atoms with Gasteiger partial charge in [0.25, 0.3) is 0 Å². The molecule has 0 aliphatic carbocycles. The molecule has 1 aliphatic rings. The van der Waals surface area contributed by atoms with Crippen molar-refractivity contribution in [2.75, 3.05) is 33.4 Å². The van der Waals surface area contributed by atoms with Crippen molar-refractivity contribution in [1.29, 1.82) is 0 Å². The number of ether oxygens (including phenoxy) is 3. The van der Waals surface area contributed by atoms with Crippen LogP contribution in [0.25, 0.3) is 0 Å². The van der Waals surface area contributed by atoms with Crippen molar-refractivity contribution in [2.45, 2.75) is 31.2 Å². The van der Waals surface area contributed by atoms with Crippen LogP contribution in [0.1, 0.15) is 5.56 Å². The molecule has 0 radical (unpaired) electrons. The topological polar surface area (TPSA) is 107 Å². The summed E-state index contributed by atoms with van der Waals surface area (Å²) < 4.78 is 18.0. The second kappa shape index (κ2) is 10.8. The number of rotatable bonds is 10. The molecule has 158 valence electrons. The first-order valence-corrected chi connectivity index (χ1v) is 9.68. The lowest BCUT2D eigenvalue weighted by molar-refractivity contribution is 0.0178. The van der Waals surface area contributed by atoms with Gasteiger partial charge in [-0.15, -0.1) is 0 Å². The number of β-amino-alcohol motifs (C(OH)–C–C–N with tert-alkyl or cyclic N) is 1. The third kappa shape index (κ3) is 6.45. The average molecular weight is 404 g/mol. The van der Waals surface area contributed by atoms with Gasteiger partial charge < -0.3 is 34.5 Å². The van der Waals surface area contributed by atoms with Crippen LogP contribution in [0.4, 0.5) is 4.79 Å². The van der Waals surface area contributed by atoms with Crippen LogP contribution in [0.2, 0.25) is 0 Å². The van der Waals surface area contributed by atoms with Gasteiger partial charge in [-0.1, -0.05) is 12.1 Å². The average Bonchev–Trinajstić information content (AvgIpc) is 3.36. The Labute approximate surface area is 170 Å². The van der Waals surface area contributed by atoms with Crippen LogP contribution in [0.3, 0.4) is 0 Å². The van der Waals surface area contributed by atoms with Crippen LogP contribution in [-0.4, -0.2) is 72.4 Å². The van der Waals surface area contributed by atoms with Gasteiger partial charge in [0, 0.05) is 32.0 Å². The Kier molecular flexibility index (Phi) is 7.85. The summed E-state index contributed by atoms with van der Waals surface area (Å²) >= 11 is 0. The minimum Gasteiger partial charge on any atom is -0.497 e. The van der Waals surface area contributed by atoms with Crippen molar-refractivity contribution in [3.63, 3.8) is 0 Å². The van der Waals surface area contributed by atoms with Gasteiger partial charge in [-0.25, -0.2) is 9.78 Å². The van der Waals surface area contributed by atoms with E-state index >= 15 is 0 Å². The molecule has 3 rings (SSSR count). The fourth-order valence-corrected chi connectivity index (χ4v) is 3.22. The Balaban J connectivity index is 1.36.